The predicted octanol–water partition coefficient (Wildman–Crippen LogP) is 5.91. The third-order valence-electron chi connectivity index (χ3n) is 5.84. The number of halogens is 1. The Morgan fingerprint density at radius 3 is 2.55 bits per heavy atom. The van der Waals surface area contributed by atoms with Crippen molar-refractivity contribution in [1.29, 1.82) is 0 Å². The van der Waals surface area contributed by atoms with Gasteiger partial charge in [-0.2, -0.15) is 5.10 Å². The Bertz CT molecular complexity index is 1160. The van der Waals surface area contributed by atoms with E-state index in [1.54, 1.807) is 14.2 Å². The molecule has 2 heterocycles. The first kappa shape index (κ1) is 19.8. The van der Waals surface area contributed by atoms with Crippen LogP contribution in [0.2, 0.25) is 5.02 Å². The van der Waals surface area contributed by atoms with Crippen LogP contribution in [0.3, 0.4) is 0 Å². The zero-order valence-electron chi connectivity index (χ0n) is 17.6. The number of hydrazone groups is 1. The third-order valence-corrected chi connectivity index (χ3v) is 6.07. The summed E-state index contributed by atoms with van der Waals surface area (Å²) >= 11 is 6.33. The van der Waals surface area contributed by atoms with Crippen molar-refractivity contribution in [3.05, 3.63) is 87.9 Å². The van der Waals surface area contributed by atoms with Gasteiger partial charge in [0.05, 0.1) is 31.5 Å². The second kappa shape index (κ2) is 7.82. The number of fused-ring (bicyclic) bond motifs is 3. The van der Waals surface area contributed by atoms with Crippen LogP contribution < -0.4 is 14.2 Å². The van der Waals surface area contributed by atoms with Gasteiger partial charge in [0.1, 0.15) is 5.75 Å². The summed E-state index contributed by atoms with van der Waals surface area (Å²) in [6, 6.07) is 20.0. The van der Waals surface area contributed by atoms with Gasteiger partial charge in [0.2, 0.25) is 6.23 Å². The minimum atomic E-state index is -0.452. The Hall–Kier alpha value is -3.18. The van der Waals surface area contributed by atoms with Crippen LogP contribution in [0.15, 0.2) is 65.8 Å². The van der Waals surface area contributed by atoms with Gasteiger partial charge < -0.3 is 14.2 Å². The number of methoxy groups -OCH3 is 2. The van der Waals surface area contributed by atoms with Gasteiger partial charge in [0.25, 0.3) is 0 Å². The highest BCUT2D eigenvalue weighted by atomic mass is 35.5. The average Bonchev–Trinajstić information content (AvgIpc) is 3.24. The van der Waals surface area contributed by atoms with Crippen molar-refractivity contribution in [1.82, 2.24) is 5.01 Å². The number of benzene rings is 3. The molecule has 0 saturated carbocycles. The molecule has 0 unspecified atom stereocenters. The van der Waals surface area contributed by atoms with E-state index >= 15 is 0 Å². The molecule has 3 aromatic carbocycles. The molecule has 5 nitrogen and oxygen atoms in total. The van der Waals surface area contributed by atoms with E-state index in [9.17, 15) is 0 Å². The quantitative estimate of drug-likeness (QED) is 0.512. The van der Waals surface area contributed by atoms with E-state index in [0.717, 1.165) is 34.6 Å². The van der Waals surface area contributed by atoms with Crippen molar-refractivity contribution in [3.63, 3.8) is 0 Å². The largest absolute Gasteiger partial charge is 0.493 e. The van der Waals surface area contributed by atoms with Crippen LogP contribution in [0.25, 0.3) is 0 Å². The highest BCUT2D eigenvalue weighted by Crippen LogP contribution is 2.50. The Balaban J connectivity index is 1.64. The van der Waals surface area contributed by atoms with Crippen LogP contribution in [0.4, 0.5) is 0 Å². The molecule has 5 rings (SSSR count). The zero-order chi connectivity index (χ0) is 21.5. The number of hydrogen-bond donors (Lipinski definition) is 0. The Kier molecular flexibility index (Phi) is 4.98. The van der Waals surface area contributed by atoms with Crippen LogP contribution in [-0.4, -0.2) is 24.9 Å². The van der Waals surface area contributed by atoms with E-state index < -0.39 is 6.23 Å². The molecule has 0 spiro atoms. The second-order valence-corrected chi connectivity index (χ2v) is 8.18. The van der Waals surface area contributed by atoms with Crippen LogP contribution in [0.1, 0.15) is 40.9 Å². The Labute approximate surface area is 186 Å². The van der Waals surface area contributed by atoms with Gasteiger partial charge in [-0.15, -0.1) is 0 Å². The van der Waals surface area contributed by atoms with Gasteiger partial charge in [0, 0.05) is 17.0 Å². The minimum Gasteiger partial charge on any atom is -0.493 e. The minimum absolute atomic E-state index is 0.0136. The van der Waals surface area contributed by atoms with Crippen molar-refractivity contribution < 1.29 is 14.2 Å². The number of hydrogen-bond acceptors (Lipinski definition) is 5. The molecule has 6 heteroatoms. The first-order valence-electron chi connectivity index (χ1n) is 10.2. The van der Waals surface area contributed by atoms with Gasteiger partial charge in [-0.3, -0.25) is 0 Å². The van der Waals surface area contributed by atoms with E-state index in [4.69, 9.17) is 30.9 Å². The Morgan fingerprint density at radius 1 is 1.00 bits per heavy atom. The fourth-order valence-corrected chi connectivity index (χ4v) is 4.47. The lowest BCUT2D eigenvalue weighted by Gasteiger charge is -2.38. The summed E-state index contributed by atoms with van der Waals surface area (Å²) in [4.78, 5) is 0. The van der Waals surface area contributed by atoms with E-state index in [1.807, 2.05) is 41.4 Å². The highest BCUT2D eigenvalue weighted by molar-refractivity contribution is 6.30. The molecule has 2 aliphatic heterocycles. The molecule has 0 aromatic heterocycles. The molecule has 0 radical (unpaired) electrons. The fourth-order valence-electron chi connectivity index (χ4n) is 4.29. The van der Waals surface area contributed by atoms with Crippen molar-refractivity contribution in [2.45, 2.75) is 25.6 Å². The smallest absolute Gasteiger partial charge is 0.217 e. The summed E-state index contributed by atoms with van der Waals surface area (Å²) in [5.41, 5.74) is 5.26. The molecule has 2 atom stereocenters. The molecular weight excluding hydrogens is 412 g/mol. The maximum absolute atomic E-state index is 6.46. The molecule has 2 aliphatic rings. The van der Waals surface area contributed by atoms with E-state index in [1.165, 1.54) is 5.56 Å². The average molecular weight is 435 g/mol. The van der Waals surface area contributed by atoms with Gasteiger partial charge in [-0.25, -0.2) is 5.01 Å². The molecule has 0 fully saturated rings. The van der Waals surface area contributed by atoms with Gasteiger partial charge >= 0.3 is 0 Å². The van der Waals surface area contributed by atoms with E-state index in [0.29, 0.717) is 16.5 Å². The molecule has 158 valence electrons. The summed E-state index contributed by atoms with van der Waals surface area (Å²) in [6.07, 6.45) is 0.314. The van der Waals surface area contributed by atoms with Crippen LogP contribution in [-0.2, 0) is 0 Å². The highest BCUT2D eigenvalue weighted by Gasteiger charge is 2.42. The zero-order valence-corrected chi connectivity index (χ0v) is 18.4. The van der Waals surface area contributed by atoms with Crippen molar-refractivity contribution in [3.8, 4) is 17.2 Å². The predicted molar refractivity (Wildman–Crippen MR) is 121 cm³/mol. The maximum atomic E-state index is 6.46. The second-order valence-electron chi connectivity index (χ2n) is 7.75. The monoisotopic (exact) mass is 434 g/mol. The molecule has 31 heavy (non-hydrogen) atoms. The lowest BCUT2D eigenvalue weighted by molar-refractivity contribution is -0.0205. The molecule has 0 saturated heterocycles. The summed E-state index contributed by atoms with van der Waals surface area (Å²) in [6.45, 7) is 2.08. The normalized spacial score (nSPS) is 19.2. The lowest BCUT2D eigenvalue weighted by atomic mass is 9.95. The van der Waals surface area contributed by atoms with Crippen molar-refractivity contribution >= 4 is 17.3 Å². The number of rotatable bonds is 4. The third kappa shape index (κ3) is 3.39. The van der Waals surface area contributed by atoms with Gasteiger partial charge in [-0.05, 0) is 42.8 Å². The number of nitrogens with zero attached hydrogens (tertiary/aromatic N) is 2. The number of ether oxygens (including phenoxy) is 3. The standard InChI is InChI=1S/C25H23ClN2O3/c1-15-7-9-16(10-8-15)20-14-21-19-13-17(26)11-12-22(19)31-25(28(21)27-20)18-5-4-6-23(29-2)24(18)30-3/h4-13,21,25H,14H2,1-3H3/t21-,25-/m0/s1. The molecule has 0 aliphatic carbocycles. The van der Waals surface area contributed by atoms with Crippen LogP contribution in [0.5, 0.6) is 17.2 Å². The maximum Gasteiger partial charge on any atom is 0.217 e. The number of aryl methyl sites for hydroxylation is 1. The molecule has 3 aromatic rings. The molecular formula is C25H23ClN2O3. The van der Waals surface area contributed by atoms with Crippen LogP contribution >= 0.6 is 11.6 Å². The summed E-state index contributed by atoms with van der Waals surface area (Å²) in [7, 11) is 3.27. The van der Waals surface area contributed by atoms with Crippen molar-refractivity contribution in [2.24, 2.45) is 5.10 Å². The fraction of sp³-hybridized carbons (Fsp3) is 0.240. The lowest BCUT2D eigenvalue weighted by Crippen LogP contribution is -2.34. The Morgan fingerprint density at radius 2 is 1.81 bits per heavy atom. The molecule has 0 bridgehead atoms. The van der Waals surface area contributed by atoms with E-state index in [2.05, 4.69) is 31.2 Å². The SMILES string of the molecule is COc1cccc([C@@H]2Oc3ccc(Cl)cc3[C@@H]3CC(c4ccc(C)cc4)=NN32)c1OC. The molecule has 0 N–H and O–H groups in total. The summed E-state index contributed by atoms with van der Waals surface area (Å²) in [5, 5.41) is 7.72. The summed E-state index contributed by atoms with van der Waals surface area (Å²) < 4.78 is 17.7. The van der Waals surface area contributed by atoms with Gasteiger partial charge in [0.15, 0.2) is 11.5 Å². The first-order chi connectivity index (χ1) is 15.1. The summed E-state index contributed by atoms with van der Waals surface area (Å²) in [5.74, 6) is 2.11. The number of para-hydroxylation sites is 1. The van der Waals surface area contributed by atoms with Crippen molar-refractivity contribution in [2.75, 3.05) is 14.2 Å². The van der Waals surface area contributed by atoms with E-state index in [-0.39, 0.29) is 6.04 Å². The first-order valence-corrected chi connectivity index (χ1v) is 10.6. The van der Waals surface area contributed by atoms with Gasteiger partial charge in [-0.1, -0.05) is 47.5 Å². The molecule has 0 amide bonds. The topological polar surface area (TPSA) is 43.3 Å². The van der Waals surface area contributed by atoms with Crippen LogP contribution in [0, 0.1) is 6.92 Å².